The van der Waals surface area contributed by atoms with E-state index < -0.39 is 60.1 Å². The molecule has 2 N–H and O–H groups in total. The van der Waals surface area contributed by atoms with Crippen molar-refractivity contribution in [2.75, 3.05) is 19.7 Å². The van der Waals surface area contributed by atoms with Gasteiger partial charge in [-0.25, -0.2) is 9.59 Å². The van der Waals surface area contributed by atoms with Gasteiger partial charge in [-0.15, -0.1) is 0 Å². The smallest absolute Gasteiger partial charge is 0.344 e. The van der Waals surface area contributed by atoms with Crippen LogP contribution in [0.5, 0.6) is 0 Å². The lowest BCUT2D eigenvalue weighted by Crippen LogP contribution is -2.87. The number of carbonyl (C=O) groups excluding carboxylic acids is 4. The Bertz CT molecular complexity index is 1310. The van der Waals surface area contributed by atoms with E-state index in [1.807, 2.05) is 36.4 Å². The summed E-state index contributed by atoms with van der Waals surface area (Å²) in [5.41, 5.74) is 0.531. The predicted molar refractivity (Wildman–Crippen MR) is 166 cm³/mol. The van der Waals surface area contributed by atoms with E-state index in [-0.39, 0.29) is 12.8 Å². The molecule has 2 aromatic carbocycles. The second kappa shape index (κ2) is 12.8. The molecule has 3 fully saturated rings. The molecule has 4 unspecified atom stereocenters. The van der Waals surface area contributed by atoms with Crippen LogP contribution < -0.4 is 5.32 Å². The Hall–Kier alpha value is -1.53. The first-order chi connectivity index (χ1) is 19.2. The molecule has 212 valence electrons. The van der Waals surface area contributed by atoms with E-state index in [1.54, 1.807) is 6.07 Å². The molecule has 1 aliphatic carbocycles. The molecule has 12 heteroatoms. The minimum Gasteiger partial charge on any atom is -0.458 e. The van der Waals surface area contributed by atoms with Crippen molar-refractivity contribution in [3.05, 3.63) is 64.3 Å². The Morgan fingerprint density at radius 1 is 1.02 bits per heavy atom. The number of nitrogens with two attached hydrogens (primary N) is 1. The van der Waals surface area contributed by atoms with Crippen molar-refractivity contribution in [3.8, 4) is 0 Å². The van der Waals surface area contributed by atoms with Gasteiger partial charge in [0, 0.05) is 36.4 Å². The number of hydrogen-bond acceptors (Lipinski definition) is 8. The third-order valence-electron chi connectivity index (χ3n) is 7.66. The summed E-state index contributed by atoms with van der Waals surface area (Å²) < 4.78 is 25.1. The van der Waals surface area contributed by atoms with E-state index in [0.29, 0.717) is 18.4 Å². The van der Waals surface area contributed by atoms with Crippen molar-refractivity contribution < 1.29 is 43.4 Å². The molecule has 3 aliphatic rings. The minimum atomic E-state index is -0.836. The average molecular weight is 886 g/mol. The molecule has 0 radical (unpaired) electrons. The van der Waals surface area contributed by atoms with Crippen LogP contribution in [0.4, 0.5) is 0 Å². The summed E-state index contributed by atoms with van der Waals surface area (Å²) in [6, 6.07) is 13.3. The van der Waals surface area contributed by atoms with Crippen LogP contribution in [0.15, 0.2) is 42.5 Å². The molecule has 0 amide bonds. The van der Waals surface area contributed by atoms with Gasteiger partial charge in [0.05, 0.1) is 30.5 Å². The fourth-order valence-corrected chi connectivity index (χ4v) is 8.02. The van der Waals surface area contributed by atoms with Crippen LogP contribution in [0.1, 0.15) is 41.6 Å². The van der Waals surface area contributed by atoms with Gasteiger partial charge in [0.25, 0.3) is 0 Å². The number of carbonyl (C=O) groups is 4. The van der Waals surface area contributed by atoms with E-state index >= 15 is 0 Å². The van der Waals surface area contributed by atoms with Crippen molar-refractivity contribution in [1.29, 1.82) is 0 Å². The number of hydrogen-bond donors (Lipinski definition) is 1. The van der Waals surface area contributed by atoms with Crippen LogP contribution in [0.25, 0.3) is 0 Å². The number of halogens is 3. The molecular weight excluding hydrogens is 859 g/mol. The number of piperidine rings is 1. The normalized spacial score (nSPS) is 25.0. The fraction of sp³-hybridized carbons (Fsp3) is 0.429. The summed E-state index contributed by atoms with van der Waals surface area (Å²) in [6.45, 7) is 1.04. The van der Waals surface area contributed by atoms with Gasteiger partial charge in [0.2, 0.25) is 0 Å². The van der Waals surface area contributed by atoms with Gasteiger partial charge in [-0.05, 0) is 85.5 Å². The Kier molecular flexibility index (Phi) is 9.56. The van der Waals surface area contributed by atoms with Crippen molar-refractivity contribution in [2.45, 2.75) is 43.5 Å². The van der Waals surface area contributed by atoms with Gasteiger partial charge in [0.15, 0.2) is 6.61 Å². The summed E-state index contributed by atoms with van der Waals surface area (Å²) in [4.78, 5) is 51.6. The van der Waals surface area contributed by atoms with Crippen molar-refractivity contribution in [2.24, 2.45) is 11.8 Å². The molecule has 0 aromatic heterocycles. The quantitative estimate of drug-likeness (QED) is 0.195. The molecular formula is C28H27I3NO8+. The van der Waals surface area contributed by atoms with Crippen molar-refractivity contribution >= 4 is 91.6 Å². The maximum absolute atomic E-state index is 13.6. The van der Waals surface area contributed by atoms with Gasteiger partial charge in [-0.3, -0.25) is 9.59 Å². The Balaban J connectivity index is 1.25. The van der Waals surface area contributed by atoms with Crippen molar-refractivity contribution in [3.63, 3.8) is 0 Å². The Labute approximate surface area is 272 Å². The molecule has 4 atom stereocenters. The van der Waals surface area contributed by atoms with E-state index in [4.69, 9.17) is 18.9 Å². The Morgan fingerprint density at radius 3 is 2.48 bits per heavy atom. The van der Waals surface area contributed by atoms with Crippen LogP contribution in [0.2, 0.25) is 0 Å². The summed E-state index contributed by atoms with van der Waals surface area (Å²) in [7, 11) is 0. The maximum Gasteiger partial charge on any atom is 0.344 e. The third-order valence-corrected chi connectivity index (χ3v) is 11.3. The summed E-state index contributed by atoms with van der Waals surface area (Å²) >= 11 is 6.31. The summed E-state index contributed by atoms with van der Waals surface area (Å²) in [5, 5.41) is 2.19. The number of esters is 4. The number of benzene rings is 2. The molecule has 2 heterocycles. The second-order valence-corrected chi connectivity index (χ2v) is 13.6. The highest BCUT2D eigenvalue weighted by molar-refractivity contribution is 14.1. The first kappa shape index (κ1) is 29.9. The highest BCUT2D eigenvalue weighted by Crippen LogP contribution is 2.43. The zero-order valence-corrected chi connectivity index (χ0v) is 27.8. The fourth-order valence-electron chi connectivity index (χ4n) is 5.65. The SMILES string of the molecule is O=C(COC(=O)c1cc(I)cc(I)c1I)OC1CC(C(=O)OC2(c3ccccc3)CC[NH2+]CC2)C2CC1OC2=O. The van der Waals surface area contributed by atoms with E-state index in [1.165, 1.54) is 0 Å². The molecule has 5 rings (SSSR count). The lowest BCUT2D eigenvalue weighted by Gasteiger charge is -2.38. The first-order valence-corrected chi connectivity index (χ1v) is 16.2. The molecule has 1 saturated carbocycles. The summed E-state index contributed by atoms with van der Waals surface area (Å²) in [5.74, 6) is -3.81. The molecule has 9 nitrogen and oxygen atoms in total. The predicted octanol–water partition coefficient (Wildman–Crippen LogP) is 3.32. The molecule has 40 heavy (non-hydrogen) atoms. The molecule has 2 bridgehead atoms. The summed E-state index contributed by atoms with van der Waals surface area (Å²) in [6.07, 6.45) is 0.208. The standard InChI is InChI=1S/C28H26I3NO8/c29-16-10-19(24(31)20(30)11-16)25(34)37-14-23(33)38-21-13-18(17-12-22(21)39-26(17)35)27(36)40-28(6-8-32-9-7-28)15-4-2-1-3-5-15/h1-5,10-11,17-18,21-22,32H,6-9,12-14H2/p+1. The van der Waals surface area contributed by atoms with E-state index in [9.17, 15) is 19.2 Å². The lowest BCUT2D eigenvalue weighted by molar-refractivity contribution is -0.668. The van der Waals surface area contributed by atoms with Crippen LogP contribution >= 0.6 is 67.8 Å². The van der Waals surface area contributed by atoms with E-state index in [0.717, 1.165) is 29.4 Å². The van der Waals surface area contributed by atoms with Gasteiger partial charge in [-0.2, -0.15) is 0 Å². The highest BCUT2D eigenvalue weighted by atomic mass is 127. The van der Waals surface area contributed by atoms with Gasteiger partial charge in [0.1, 0.15) is 17.8 Å². The van der Waals surface area contributed by atoms with Gasteiger partial charge in [-0.1, -0.05) is 30.3 Å². The number of fused-ring (bicyclic) bond motifs is 2. The molecule has 2 aromatic rings. The van der Waals surface area contributed by atoms with Crippen LogP contribution in [-0.2, 0) is 38.9 Å². The molecule has 2 aliphatic heterocycles. The maximum atomic E-state index is 13.6. The van der Waals surface area contributed by atoms with Gasteiger partial charge >= 0.3 is 23.9 Å². The van der Waals surface area contributed by atoms with E-state index in [2.05, 4.69) is 73.1 Å². The van der Waals surface area contributed by atoms with Crippen LogP contribution in [-0.4, -0.2) is 55.8 Å². The minimum absolute atomic E-state index is 0.101. The highest BCUT2D eigenvalue weighted by Gasteiger charge is 2.54. The number of ether oxygens (including phenoxy) is 4. The third kappa shape index (κ3) is 6.43. The molecule has 2 saturated heterocycles. The van der Waals surface area contributed by atoms with Gasteiger partial charge < -0.3 is 24.3 Å². The molecule has 0 spiro atoms. The number of quaternary nitrogens is 1. The van der Waals surface area contributed by atoms with Crippen LogP contribution in [0, 0.1) is 22.5 Å². The number of rotatable bonds is 7. The monoisotopic (exact) mass is 886 g/mol. The zero-order chi connectivity index (χ0) is 28.4. The lowest BCUT2D eigenvalue weighted by atomic mass is 9.78. The largest absolute Gasteiger partial charge is 0.458 e. The first-order valence-electron chi connectivity index (χ1n) is 13.0. The second-order valence-electron chi connectivity index (χ2n) is 10.2. The average Bonchev–Trinajstić information content (AvgIpc) is 3.27. The van der Waals surface area contributed by atoms with Crippen molar-refractivity contribution in [1.82, 2.24) is 0 Å². The zero-order valence-electron chi connectivity index (χ0n) is 21.3. The topological polar surface area (TPSA) is 122 Å². The Morgan fingerprint density at radius 2 is 1.75 bits per heavy atom. The van der Waals surface area contributed by atoms with Crippen LogP contribution in [0.3, 0.4) is 0 Å².